The molecule has 0 unspecified atom stereocenters. The van der Waals surface area contributed by atoms with Crippen molar-refractivity contribution in [3.63, 3.8) is 0 Å². The number of amides is 1. The van der Waals surface area contributed by atoms with E-state index >= 15 is 0 Å². The molecule has 1 aromatic carbocycles. The molecule has 0 saturated heterocycles. The Bertz CT molecular complexity index is 559. The third-order valence-corrected chi connectivity index (χ3v) is 2.50. The van der Waals surface area contributed by atoms with E-state index in [9.17, 15) is 14.9 Å². The molecule has 0 saturated carbocycles. The van der Waals surface area contributed by atoms with Crippen LogP contribution in [0.3, 0.4) is 0 Å². The molecule has 0 aliphatic heterocycles. The lowest BCUT2D eigenvalue weighted by Crippen LogP contribution is -2.25. The molecular formula is C11H15ClN6O3. The Morgan fingerprint density at radius 1 is 1.48 bits per heavy atom. The van der Waals surface area contributed by atoms with Crippen LogP contribution in [0.1, 0.15) is 23.2 Å². The Labute approximate surface area is 126 Å². The zero-order chi connectivity index (χ0) is 15.0. The Hall–Kier alpha value is -2.35. The van der Waals surface area contributed by atoms with Gasteiger partial charge in [-0.25, -0.2) is 0 Å². The van der Waals surface area contributed by atoms with Crippen molar-refractivity contribution in [2.75, 3.05) is 13.1 Å². The summed E-state index contributed by atoms with van der Waals surface area (Å²) < 4.78 is 0. The first kappa shape index (κ1) is 18.7. The molecule has 10 heteroatoms. The molecular weight excluding hydrogens is 300 g/mol. The van der Waals surface area contributed by atoms with Crippen LogP contribution in [0.4, 0.5) is 11.4 Å². The predicted octanol–water partition coefficient (Wildman–Crippen LogP) is 2.43. The zero-order valence-electron chi connectivity index (χ0n) is 11.1. The van der Waals surface area contributed by atoms with E-state index in [0.717, 1.165) is 12.5 Å². The van der Waals surface area contributed by atoms with Gasteiger partial charge in [-0.3, -0.25) is 14.9 Å². The molecule has 0 aliphatic rings. The lowest BCUT2D eigenvalue weighted by molar-refractivity contribution is -0.385. The summed E-state index contributed by atoms with van der Waals surface area (Å²) in [6.07, 6.45) is 1.44. The van der Waals surface area contributed by atoms with Crippen LogP contribution in [0.15, 0.2) is 23.3 Å². The number of halogens is 1. The largest absolute Gasteiger partial charge is 0.352 e. The van der Waals surface area contributed by atoms with E-state index in [1.165, 1.54) is 12.1 Å². The predicted molar refractivity (Wildman–Crippen MR) is 79.8 cm³/mol. The van der Waals surface area contributed by atoms with E-state index in [1.54, 1.807) is 0 Å². The van der Waals surface area contributed by atoms with Gasteiger partial charge >= 0.3 is 0 Å². The average Bonchev–Trinajstić information content (AvgIpc) is 2.43. The van der Waals surface area contributed by atoms with Crippen LogP contribution >= 0.6 is 12.4 Å². The van der Waals surface area contributed by atoms with Crippen LogP contribution in [0, 0.1) is 10.1 Å². The third kappa shape index (κ3) is 5.65. The monoisotopic (exact) mass is 314 g/mol. The topological polar surface area (TPSA) is 147 Å². The molecule has 9 nitrogen and oxygen atoms in total. The van der Waals surface area contributed by atoms with E-state index < -0.39 is 10.8 Å². The zero-order valence-corrected chi connectivity index (χ0v) is 11.9. The van der Waals surface area contributed by atoms with E-state index in [0.29, 0.717) is 19.5 Å². The number of carbonyl (C=O) groups excluding carboxylic acids is 1. The normalized spacial score (nSPS) is 9.19. The van der Waals surface area contributed by atoms with Gasteiger partial charge in [-0.2, -0.15) is 0 Å². The first-order chi connectivity index (χ1) is 9.60. The highest BCUT2D eigenvalue weighted by atomic mass is 35.5. The fourth-order valence-electron chi connectivity index (χ4n) is 1.55. The molecule has 0 spiro atoms. The van der Waals surface area contributed by atoms with E-state index in [1.807, 2.05) is 0 Å². The van der Waals surface area contributed by atoms with Gasteiger partial charge in [0.15, 0.2) is 0 Å². The minimum Gasteiger partial charge on any atom is -0.352 e. The number of carbonyl (C=O) groups is 1. The summed E-state index contributed by atoms with van der Waals surface area (Å²) in [4.78, 5) is 24.7. The fourth-order valence-corrected chi connectivity index (χ4v) is 1.55. The lowest BCUT2D eigenvalue weighted by atomic mass is 10.1. The van der Waals surface area contributed by atoms with Gasteiger partial charge in [-0.05, 0) is 37.1 Å². The smallest absolute Gasteiger partial charge is 0.282 e. The summed E-state index contributed by atoms with van der Waals surface area (Å²) in [6.45, 7) is 0.890. The molecule has 0 heterocycles. The number of azide groups is 1. The molecule has 114 valence electrons. The SMILES string of the molecule is Cl.[N-]=[N+]=Nc1ccc([N+](=O)[O-])c(C(=O)NCCCCN)c1. The third-order valence-electron chi connectivity index (χ3n) is 2.50. The molecule has 0 radical (unpaired) electrons. The van der Waals surface area contributed by atoms with Gasteiger partial charge in [0.05, 0.1) is 4.92 Å². The second kappa shape index (κ2) is 9.54. The number of nitrogens with one attached hydrogen (secondary N) is 1. The van der Waals surface area contributed by atoms with Gasteiger partial charge in [0.1, 0.15) is 5.56 Å². The fraction of sp³-hybridized carbons (Fsp3) is 0.364. The number of benzene rings is 1. The van der Waals surface area contributed by atoms with E-state index in [2.05, 4.69) is 15.3 Å². The maximum absolute atomic E-state index is 11.9. The number of nitro groups is 1. The van der Waals surface area contributed by atoms with Crippen molar-refractivity contribution in [2.24, 2.45) is 10.8 Å². The molecule has 0 fully saturated rings. The Kier molecular flexibility index (Phi) is 8.47. The van der Waals surface area contributed by atoms with Crippen LogP contribution in [-0.2, 0) is 0 Å². The number of nitro benzene ring substituents is 1. The number of hydrogen-bond acceptors (Lipinski definition) is 5. The minimum absolute atomic E-state index is 0. The maximum atomic E-state index is 11.9. The van der Waals surface area contributed by atoms with Crippen LogP contribution < -0.4 is 11.1 Å². The number of rotatable bonds is 7. The molecule has 1 rings (SSSR count). The van der Waals surface area contributed by atoms with Crippen molar-refractivity contribution >= 4 is 29.7 Å². The minimum atomic E-state index is -0.658. The van der Waals surface area contributed by atoms with Crippen molar-refractivity contribution in [1.82, 2.24) is 5.32 Å². The van der Waals surface area contributed by atoms with Gasteiger partial charge in [0.2, 0.25) is 0 Å². The Balaban J connectivity index is 0.00000400. The van der Waals surface area contributed by atoms with Crippen molar-refractivity contribution in [1.29, 1.82) is 0 Å². The first-order valence-corrected chi connectivity index (χ1v) is 5.92. The van der Waals surface area contributed by atoms with Crippen molar-refractivity contribution in [3.05, 3.63) is 44.3 Å². The molecule has 1 aromatic rings. The molecule has 0 aliphatic carbocycles. The highest BCUT2D eigenvalue weighted by Crippen LogP contribution is 2.24. The summed E-state index contributed by atoms with van der Waals surface area (Å²) in [6, 6.07) is 3.61. The molecule has 21 heavy (non-hydrogen) atoms. The number of nitrogens with zero attached hydrogens (tertiary/aromatic N) is 4. The van der Waals surface area contributed by atoms with Gasteiger partial charge in [-0.1, -0.05) is 5.11 Å². The maximum Gasteiger partial charge on any atom is 0.282 e. The van der Waals surface area contributed by atoms with Crippen LogP contribution in [0.2, 0.25) is 0 Å². The molecule has 3 N–H and O–H groups in total. The summed E-state index contributed by atoms with van der Waals surface area (Å²) in [5.74, 6) is -0.580. The first-order valence-electron chi connectivity index (χ1n) is 5.92. The van der Waals surface area contributed by atoms with Crippen molar-refractivity contribution < 1.29 is 9.72 Å². The number of unbranched alkanes of at least 4 members (excludes halogenated alkanes) is 1. The summed E-state index contributed by atoms with van der Waals surface area (Å²) in [5, 5.41) is 16.8. The summed E-state index contributed by atoms with van der Waals surface area (Å²) in [7, 11) is 0. The van der Waals surface area contributed by atoms with Gasteiger partial charge in [0.25, 0.3) is 11.6 Å². The number of hydrogen-bond donors (Lipinski definition) is 2. The van der Waals surface area contributed by atoms with Crippen LogP contribution in [-0.4, -0.2) is 23.9 Å². The van der Waals surface area contributed by atoms with Crippen molar-refractivity contribution in [2.45, 2.75) is 12.8 Å². The lowest BCUT2D eigenvalue weighted by Gasteiger charge is -2.06. The Morgan fingerprint density at radius 2 is 2.19 bits per heavy atom. The average molecular weight is 315 g/mol. The van der Waals surface area contributed by atoms with Gasteiger partial charge in [-0.15, -0.1) is 12.4 Å². The van der Waals surface area contributed by atoms with E-state index in [4.69, 9.17) is 11.3 Å². The van der Waals surface area contributed by atoms with Crippen molar-refractivity contribution in [3.8, 4) is 0 Å². The van der Waals surface area contributed by atoms with Crippen LogP contribution in [0.5, 0.6) is 0 Å². The Morgan fingerprint density at radius 3 is 2.76 bits per heavy atom. The van der Waals surface area contributed by atoms with Gasteiger partial charge < -0.3 is 11.1 Å². The number of nitrogens with two attached hydrogens (primary N) is 1. The molecule has 0 bridgehead atoms. The van der Waals surface area contributed by atoms with Crippen LogP contribution in [0.25, 0.3) is 10.4 Å². The quantitative estimate of drug-likeness (QED) is 0.198. The highest BCUT2D eigenvalue weighted by Gasteiger charge is 2.20. The second-order valence-electron chi connectivity index (χ2n) is 3.90. The molecule has 1 amide bonds. The summed E-state index contributed by atoms with van der Waals surface area (Å²) in [5.41, 5.74) is 13.3. The summed E-state index contributed by atoms with van der Waals surface area (Å²) >= 11 is 0. The highest BCUT2D eigenvalue weighted by molar-refractivity contribution is 5.98. The molecule has 0 aromatic heterocycles. The van der Waals surface area contributed by atoms with E-state index in [-0.39, 0.29) is 29.3 Å². The standard InChI is InChI=1S/C11H14N6O3.ClH/c12-5-1-2-6-14-11(18)9-7-8(15-16-13)3-4-10(9)17(19)20;/h3-4,7H,1-2,5-6,12H2,(H,14,18);1H. The second-order valence-corrected chi connectivity index (χ2v) is 3.90. The van der Waals surface area contributed by atoms with Gasteiger partial charge in [0, 0.05) is 23.2 Å². The molecule has 0 atom stereocenters.